The molecule has 33 heavy (non-hydrogen) atoms. The van der Waals surface area contributed by atoms with E-state index >= 15 is 0 Å². The Bertz CT molecular complexity index is 1080. The number of nitrogens with one attached hydrogen (secondary N) is 1. The summed E-state index contributed by atoms with van der Waals surface area (Å²) >= 11 is 3.28. The SMILES string of the molecule is O=C(NCCCN1c2ccccc2Sc2ccccc21)C1CCN(C(=O)c2cccs2)CC1. The smallest absolute Gasteiger partial charge is 0.263 e. The van der Waals surface area contributed by atoms with Crippen molar-refractivity contribution in [2.24, 2.45) is 5.92 Å². The third kappa shape index (κ3) is 4.80. The van der Waals surface area contributed by atoms with E-state index in [1.165, 1.54) is 32.5 Å². The lowest BCUT2D eigenvalue weighted by molar-refractivity contribution is -0.126. The second-order valence-electron chi connectivity index (χ2n) is 8.38. The van der Waals surface area contributed by atoms with Crippen molar-refractivity contribution in [3.05, 3.63) is 70.9 Å². The largest absolute Gasteiger partial charge is 0.356 e. The molecule has 0 aliphatic carbocycles. The predicted octanol–water partition coefficient (Wildman–Crippen LogP) is 5.41. The second kappa shape index (κ2) is 10.0. The van der Waals surface area contributed by atoms with Gasteiger partial charge in [0.05, 0.1) is 16.3 Å². The number of hydrogen-bond acceptors (Lipinski definition) is 5. The zero-order valence-electron chi connectivity index (χ0n) is 18.4. The lowest BCUT2D eigenvalue weighted by atomic mass is 9.95. The molecule has 2 aliphatic heterocycles. The molecule has 1 saturated heterocycles. The number of hydrogen-bond donors (Lipinski definition) is 1. The van der Waals surface area contributed by atoms with Crippen molar-refractivity contribution in [3.63, 3.8) is 0 Å². The highest BCUT2D eigenvalue weighted by Gasteiger charge is 2.28. The molecule has 1 aromatic heterocycles. The summed E-state index contributed by atoms with van der Waals surface area (Å²) in [4.78, 5) is 32.8. The van der Waals surface area contributed by atoms with Crippen molar-refractivity contribution in [2.45, 2.75) is 29.1 Å². The number of amides is 2. The van der Waals surface area contributed by atoms with Crippen LogP contribution in [0.25, 0.3) is 0 Å². The summed E-state index contributed by atoms with van der Waals surface area (Å²) in [7, 11) is 0. The van der Waals surface area contributed by atoms with Crippen LogP contribution >= 0.6 is 23.1 Å². The number of piperidine rings is 1. The molecule has 1 N–H and O–H groups in total. The van der Waals surface area contributed by atoms with Crippen LogP contribution in [0, 0.1) is 5.92 Å². The van der Waals surface area contributed by atoms with Crippen molar-refractivity contribution >= 4 is 46.3 Å². The van der Waals surface area contributed by atoms with Crippen molar-refractivity contribution in [1.82, 2.24) is 10.2 Å². The summed E-state index contributed by atoms with van der Waals surface area (Å²) in [6, 6.07) is 20.8. The van der Waals surface area contributed by atoms with Gasteiger partial charge in [0, 0.05) is 41.9 Å². The van der Waals surface area contributed by atoms with Crippen molar-refractivity contribution in [2.75, 3.05) is 31.1 Å². The van der Waals surface area contributed by atoms with Gasteiger partial charge in [0.25, 0.3) is 5.91 Å². The van der Waals surface area contributed by atoms with E-state index in [1.54, 1.807) is 0 Å². The average molecular weight is 478 g/mol. The summed E-state index contributed by atoms with van der Waals surface area (Å²) in [5.74, 6) is 0.197. The van der Waals surface area contributed by atoms with Gasteiger partial charge < -0.3 is 15.1 Å². The Morgan fingerprint density at radius 3 is 2.21 bits per heavy atom. The van der Waals surface area contributed by atoms with Gasteiger partial charge >= 0.3 is 0 Å². The molecule has 170 valence electrons. The molecule has 3 aromatic rings. The van der Waals surface area contributed by atoms with Gasteiger partial charge in [-0.05, 0) is 55.0 Å². The normalized spacial score (nSPS) is 15.6. The summed E-state index contributed by atoms with van der Waals surface area (Å²) in [6.07, 6.45) is 2.33. The van der Waals surface area contributed by atoms with Gasteiger partial charge in [-0.25, -0.2) is 0 Å². The summed E-state index contributed by atoms with van der Waals surface area (Å²) in [6.45, 7) is 2.80. The quantitative estimate of drug-likeness (QED) is 0.483. The standard InChI is InChI=1S/C26H27N3O2S2/c30-25(19-12-16-28(17-13-19)26(31)24-11-5-18-32-24)27-14-6-15-29-20-7-1-3-9-22(20)33-23-10-4-2-8-21(23)29/h1-5,7-11,18-19H,6,12-17H2,(H,27,30). The van der Waals surface area contributed by atoms with Gasteiger partial charge in [0.15, 0.2) is 0 Å². The highest BCUT2D eigenvalue weighted by atomic mass is 32.2. The maximum Gasteiger partial charge on any atom is 0.263 e. The Balaban J connectivity index is 1.11. The number of anilines is 2. The van der Waals surface area contributed by atoms with Gasteiger partial charge in [0.1, 0.15) is 0 Å². The zero-order valence-corrected chi connectivity index (χ0v) is 20.0. The van der Waals surface area contributed by atoms with Crippen molar-refractivity contribution in [1.29, 1.82) is 0 Å². The fourth-order valence-corrected chi connectivity index (χ4v) is 6.30. The molecule has 0 atom stereocenters. The highest BCUT2D eigenvalue weighted by molar-refractivity contribution is 7.99. The first-order valence-electron chi connectivity index (χ1n) is 11.4. The summed E-state index contributed by atoms with van der Waals surface area (Å²) in [5.41, 5.74) is 2.46. The Labute approximate surface area is 202 Å². The number of rotatable bonds is 6. The molecule has 5 nitrogen and oxygen atoms in total. The first kappa shape index (κ1) is 22.0. The van der Waals surface area contributed by atoms with Gasteiger partial charge in [-0.1, -0.05) is 42.1 Å². The minimum atomic E-state index is -0.00905. The lowest BCUT2D eigenvalue weighted by Gasteiger charge is -2.33. The van der Waals surface area contributed by atoms with Crippen LogP contribution in [0.15, 0.2) is 75.8 Å². The molecular formula is C26H27N3O2S2. The van der Waals surface area contributed by atoms with E-state index < -0.39 is 0 Å². The van der Waals surface area contributed by atoms with E-state index in [-0.39, 0.29) is 17.7 Å². The monoisotopic (exact) mass is 477 g/mol. The van der Waals surface area contributed by atoms with Crippen LogP contribution in [0.3, 0.4) is 0 Å². The number of likely N-dealkylation sites (tertiary alicyclic amines) is 1. The van der Waals surface area contributed by atoms with Crippen molar-refractivity contribution < 1.29 is 9.59 Å². The highest BCUT2D eigenvalue weighted by Crippen LogP contribution is 2.47. The fourth-order valence-electron chi connectivity index (χ4n) is 4.52. The summed E-state index contributed by atoms with van der Waals surface area (Å²) < 4.78 is 0. The zero-order chi connectivity index (χ0) is 22.6. The summed E-state index contributed by atoms with van der Waals surface area (Å²) in [5, 5.41) is 5.06. The predicted molar refractivity (Wildman–Crippen MR) is 135 cm³/mol. The number of carbonyl (C=O) groups excluding carboxylic acids is 2. The van der Waals surface area contributed by atoms with Crippen LogP contribution in [0.1, 0.15) is 28.9 Å². The Morgan fingerprint density at radius 1 is 0.909 bits per heavy atom. The van der Waals surface area contributed by atoms with E-state index in [0.717, 1.165) is 30.7 Å². The minimum absolute atomic E-state index is 0.00905. The lowest BCUT2D eigenvalue weighted by Crippen LogP contribution is -2.43. The Kier molecular flexibility index (Phi) is 6.69. The molecule has 7 heteroatoms. The molecule has 0 saturated carbocycles. The Morgan fingerprint density at radius 2 is 1.58 bits per heavy atom. The number of thiophene rings is 1. The Hall–Kier alpha value is -2.77. The van der Waals surface area contributed by atoms with Crippen molar-refractivity contribution in [3.8, 4) is 0 Å². The topological polar surface area (TPSA) is 52.7 Å². The maximum atomic E-state index is 12.7. The van der Waals surface area contributed by atoms with Gasteiger partial charge in [-0.15, -0.1) is 11.3 Å². The number of fused-ring (bicyclic) bond motifs is 2. The third-order valence-electron chi connectivity index (χ3n) is 6.27. The molecular weight excluding hydrogens is 450 g/mol. The van der Waals surface area contributed by atoms with E-state index in [4.69, 9.17) is 0 Å². The van der Waals surface area contributed by atoms with Crippen LogP contribution < -0.4 is 10.2 Å². The molecule has 5 rings (SSSR count). The minimum Gasteiger partial charge on any atom is -0.356 e. The van der Waals surface area contributed by atoms with E-state index in [9.17, 15) is 9.59 Å². The van der Waals surface area contributed by atoms with Crippen LogP contribution in [0.4, 0.5) is 11.4 Å². The molecule has 0 spiro atoms. The molecule has 2 amide bonds. The van der Waals surface area contributed by atoms with Crippen LogP contribution in [-0.2, 0) is 4.79 Å². The van der Waals surface area contributed by atoms with Crippen LogP contribution in [0.2, 0.25) is 0 Å². The van der Waals surface area contributed by atoms with E-state index in [2.05, 4.69) is 58.7 Å². The molecule has 0 bridgehead atoms. The van der Waals surface area contributed by atoms with E-state index in [1.807, 2.05) is 34.2 Å². The number of nitrogens with zero attached hydrogens (tertiary/aromatic N) is 2. The second-order valence-corrected chi connectivity index (χ2v) is 10.4. The first-order valence-corrected chi connectivity index (χ1v) is 13.1. The van der Waals surface area contributed by atoms with Crippen LogP contribution in [-0.4, -0.2) is 42.9 Å². The van der Waals surface area contributed by atoms with Gasteiger partial charge in [-0.3, -0.25) is 9.59 Å². The van der Waals surface area contributed by atoms with Gasteiger partial charge in [-0.2, -0.15) is 0 Å². The molecule has 3 heterocycles. The maximum absolute atomic E-state index is 12.7. The fraction of sp³-hybridized carbons (Fsp3) is 0.308. The van der Waals surface area contributed by atoms with E-state index in [0.29, 0.717) is 19.6 Å². The first-order chi connectivity index (χ1) is 16.2. The third-order valence-corrected chi connectivity index (χ3v) is 8.26. The number of benzene rings is 2. The molecule has 0 radical (unpaired) electrons. The molecule has 1 fully saturated rings. The number of para-hydroxylation sites is 2. The van der Waals surface area contributed by atoms with Crippen LogP contribution in [0.5, 0.6) is 0 Å². The molecule has 2 aliphatic rings. The van der Waals surface area contributed by atoms with Gasteiger partial charge in [0.2, 0.25) is 5.91 Å². The molecule has 2 aromatic carbocycles. The number of carbonyl (C=O) groups is 2. The average Bonchev–Trinajstić information content (AvgIpc) is 3.40. The molecule has 0 unspecified atom stereocenters.